The van der Waals surface area contributed by atoms with E-state index in [1.165, 1.54) is 6.26 Å². The van der Waals surface area contributed by atoms with Crippen molar-refractivity contribution in [1.82, 2.24) is 0 Å². The van der Waals surface area contributed by atoms with E-state index in [4.69, 9.17) is 14.9 Å². The fourth-order valence-corrected chi connectivity index (χ4v) is 1.21. The fraction of sp³-hybridized carbons (Fsp3) is 0.444. The molecule has 0 aliphatic carbocycles. The second kappa shape index (κ2) is 5.31. The first-order valence-electron chi connectivity index (χ1n) is 4.37. The summed E-state index contributed by atoms with van der Waals surface area (Å²) in [6.45, 7) is -0.637. The number of alkyl halides is 3. The van der Waals surface area contributed by atoms with Crippen LogP contribution in [0.15, 0.2) is 22.8 Å². The van der Waals surface area contributed by atoms with E-state index in [1.54, 1.807) is 12.1 Å². The van der Waals surface area contributed by atoms with Gasteiger partial charge in [-0.25, -0.2) is 0 Å². The van der Waals surface area contributed by atoms with E-state index in [0.717, 1.165) is 0 Å². The fourth-order valence-electron chi connectivity index (χ4n) is 1.01. The molecular formula is C9H10F3NO2S. The predicted molar refractivity (Wildman–Crippen MR) is 54.7 cm³/mol. The molecule has 0 saturated heterocycles. The van der Waals surface area contributed by atoms with Crippen molar-refractivity contribution in [2.45, 2.75) is 12.8 Å². The molecule has 1 aromatic heterocycles. The van der Waals surface area contributed by atoms with Gasteiger partial charge in [-0.2, -0.15) is 13.2 Å². The van der Waals surface area contributed by atoms with Crippen molar-refractivity contribution < 1.29 is 22.3 Å². The van der Waals surface area contributed by atoms with Gasteiger partial charge in [0.05, 0.1) is 17.9 Å². The quantitative estimate of drug-likeness (QED) is 0.818. The molecule has 0 aromatic carbocycles. The lowest BCUT2D eigenvalue weighted by atomic mass is 10.1. The van der Waals surface area contributed by atoms with Crippen LogP contribution in [0.1, 0.15) is 5.76 Å². The van der Waals surface area contributed by atoms with Gasteiger partial charge in [0.15, 0.2) is 0 Å². The molecule has 0 saturated carbocycles. The summed E-state index contributed by atoms with van der Waals surface area (Å²) in [5.41, 5.74) is 4.99. The monoisotopic (exact) mass is 253 g/mol. The highest BCUT2D eigenvalue weighted by Gasteiger charge is 2.41. The molecule has 1 heterocycles. The summed E-state index contributed by atoms with van der Waals surface area (Å²) in [5, 5.41) is 0. The maximum Gasteiger partial charge on any atom is 0.400 e. The van der Waals surface area contributed by atoms with Crippen LogP contribution >= 0.6 is 12.2 Å². The molecule has 0 spiro atoms. The van der Waals surface area contributed by atoms with Gasteiger partial charge in [-0.15, -0.1) is 0 Å². The Morgan fingerprint density at radius 2 is 2.25 bits per heavy atom. The van der Waals surface area contributed by atoms with Crippen LogP contribution in [0.3, 0.4) is 0 Å². The van der Waals surface area contributed by atoms with Gasteiger partial charge < -0.3 is 14.9 Å². The number of halogens is 3. The summed E-state index contributed by atoms with van der Waals surface area (Å²) in [5.74, 6) is -1.47. The molecule has 0 amide bonds. The van der Waals surface area contributed by atoms with Crippen LogP contribution in [-0.2, 0) is 11.3 Å². The number of ether oxygens (including phenoxy) is 1. The zero-order chi connectivity index (χ0) is 12.2. The lowest BCUT2D eigenvalue weighted by molar-refractivity contribution is -0.168. The van der Waals surface area contributed by atoms with E-state index in [2.05, 4.69) is 12.2 Å². The van der Waals surface area contributed by atoms with E-state index in [0.29, 0.717) is 5.76 Å². The van der Waals surface area contributed by atoms with Crippen LogP contribution in [0, 0.1) is 5.92 Å². The number of nitrogens with two attached hydrogens (primary N) is 1. The molecule has 1 aromatic rings. The first-order valence-corrected chi connectivity index (χ1v) is 4.78. The Morgan fingerprint density at radius 1 is 1.56 bits per heavy atom. The first kappa shape index (κ1) is 13.0. The Labute approximate surface area is 95.4 Å². The molecule has 16 heavy (non-hydrogen) atoms. The topological polar surface area (TPSA) is 48.4 Å². The summed E-state index contributed by atoms with van der Waals surface area (Å²) in [6.07, 6.45) is -3.07. The number of furan rings is 1. The van der Waals surface area contributed by atoms with Gasteiger partial charge in [0.1, 0.15) is 18.3 Å². The van der Waals surface area contributed by atoms with Gasteiger partial charge >= 0.3 is 6.18 Å². The van der Waals surface area contributed by atoms with E-state index in [9.17, 15) is 13.2 Å². The van der Waals surface area contributed by atoms with E-state index in [-0.39, 0.29) is 6.61 Å². The SMILES string of the molecule is NC(=S)C(COCc1ccco1)C(F)(F)F. The van der Waals surface area contributed by atoms with Gasteiger partial charge in [0, 0.05) is 0 Å². The Morgan fingerprint density at radius 3 is 2.69 bits per heavy atom. The first-order chi connectivity index (χ1) is 7.41. The summed E-state index contributed by atoms with van der Waals surface area (Å²) in [6, 6.07) is 3.22. The Bertz CT molecular complexity index is 337. The Kier molecular flexibility index (Phi) is 4.31. The zero-order valence-electron chi connectivity index (χ0n) is 8.16. The second-order valence-corrected chi connectivity index (χ2v) is 3.56. The molecule has 1 atom stereocenters. The van der Waals surface area contributed by atoms with Crippen LogP contribution in [0.4, 0.5) is 13.2 Å². The normalized spacial score (nSPS) is 13.7. The maximum absolute atomic E-state index is 12.4. The average Bonchev–Trinajstić information content (AvgIpc) is 2.61. The molecule has 0 aliphatic heterocycles. The third-order valence-corrected chi connectivity index (χ3v) is 2.13. The zero-order valence-corrected chi connectivity index (χ0v) is 8.98. The van der Waals surface area contributed by atoms with E-state index < -0.39 is 23.7 Å². The Hall–Kier alpha value is -1.08. The van der Waals surface area contributed by atoms with Crippen molar-refractivity contribution in [3.63, 3.8) is 0 Å². The third-order valence-electron chi connectivity index (χ3n) is 1.85. The molecule has 1 unspecified atom stereocenters. The van der Waals surface area contributed by atoms with Gasteiger partial charge in [-0.1, -0.05) is 12.2 Å². The van der Waals surface area contributed by atoms with E-state index >= 15 is 0 Å². The van der Waals surface area contributed by atoms with Crippen molar-refractivity contribution in [3.05, 3.63) is 24.2 Å². The van der Waals surface area contributed by atoms with Crippen LogP contribution in [0.2, 0.25) is 0 Å². The summed E-state index contributed by atoms with van der Waals surface area (Å²) in [7, 11) is 0. The highest BCUT2D eigenvalue weighted by molar-refractivity contribution is 7.80. The lowest BCUT2D eigenvalue weighted by Gasteiger charge is -2.18. The molecular weight excluding hydrogens is 243 g/mol. The average molecular weight is 253 g/mol. The lowest BCUT2D eigenvalue weighted by Crippen LogP contribution is -2.37. The van der Waals surface area contributed by atoms with Crippen molar-refractivity contribution in [3.8, 4) is 0 Å². The van der Waals surface area contributed by atoms with Crippen LogP contribution in [0.25, 0.3) is 0 Å². The van der Waals surface area contributed by atoms with Gasteiger partial charge in [-0.3, -0.25) is 0 Å². The minimum atomic E-state index is -4.48. The molecule has 0 aliphatic rings. The van der Waals surface area contributed by atoms with Crippen molar-refractivity contribution in [2.75, 3.05) is 6.61 Å². The van der Waals surface area contributed by atoms with Gasteiger partial charge in [0.2, 0.25) is 0 Å². The van der Waals surface area contributed by atoms with E-state index in [1.807, 2.05) is 0 Å². The molecule has 3 nitrogen and oxygen atoms in total. The highest BCUT2D eigenvalue weighted by atomic mass is 32.1. The molecule has 0 radical (unpaired) electrons. The van der Waals surface area contributed by atoms with Gasteiger partial charge in [0.25, 0.3) is 0 Å². The standard InChI is InChI=1S/C9H10F3NO2S/c10-9(11,12)7(8(13)16)5-14-4-6-2-1-3-15-6/h1-3,7H,4-5H2,(H2,13,16). The highest BCUT2D eigenvalue weighted by Crippen LogP contribution is 2.27. The summed E-state index contributed by atoms with van der Waals surface area (Å²) < 4.78 is 46.8. The maximum atomic E-state index is 12.4. The molecule has 0 bridgehead atoms. The van der Waals surface area contributed by atoms with Crippen molar-refractivity contribution in [1.29, 1.82) is 0 Å². The van der Waals surface area contributed by atoms with Crippen molar-refractivity contribution in [2.24, 2.45) is 11.7 Å². The Balaban J connectivity index is 2.42. The number of hydrogen-bond donors (Lipinski definition) is 1. The number of thiocarbonyl (C=S) groups is 1. The summed E-state index contributed by atoms with van der Waals surface area (Å²) >= 11 is 4.33. The molecule has 2 N–H and O–H groups in total. The predicted octanol–water partition coefficient (Wildman–Crippen LogP) is 2.26. The smallest absolute Gasteiger partial charge is 0.400 e. The minimum absolute atomic E-state index is 0.0395. The number of hydrogen-bond acceptors (Lipinski definition) is 3. The summed E-state index contributed by atoms with van der Waals surface area (Å²) in [4.78, 5) is -0.619. The minimum Gasteiger partial charge on any atom is -0.467 e. The molecule has 90 valence electrons. The second-order valence-electron chi connectivity index (χ2n) is 3.09. The molecule has 1 rings (SSSR count). The molecule has 7 heteroatoms. The van der Waals surface area contributed by atoms with Crippen LogP contribution in [-0.4, -0.2) is 17.8 Å². The van der Waals surface area contributed by atoms with Crippen LogP contribution in [0.5, 0.6) is 0 Å². The van der Waals surface area contributed by atoms with Gasteiger partial charge in [-0.05, 0) is 12.1 Å². The number of rotatable bonds is 5. The van der Waals surface area contributed by atoms with Crippen molar-refractivity contribution >= 4 is 17.2 Å². The third kappa shape index (κ3) is 3.82. The molecule has 0 fully saturated rings. The van der Waals surface area contributed by atoms with Crippen LogP contribution < -0.4 is 5.73 Å². The largest absolute Gasteiger partial charge is 0.467 e.